The molecule has 0 aliphatic carbocycles. The molecule has 2 atom stereocenters. The maximum absolute atomic E-state index is 13.2. The summed E-state index contributed by atoms with van der Waals surface area (Å²) in [5.41, 5.74) is 1.55. The minimum Gasteiger partial charge on any atom is -0.352 e. The van der Waals surface area contributed by atoms with Gasteiger partial charge in [0.2, 0.25) is 11.8 Å². The summed E-state index contributed by atoms with van der Waals surface area (Å²) in [5, 5.41) is 4.49. The first-order chi connectivity index (χ1) is 13.7. The van der Waals surface area contributed by atoms with Gasteiger partial charge in [0.15, 0.2) is 0 Å². The zero-order valence-electron chi connectivity index (χ0n) is 16.7. The van der Waals surface area contributed by atoms with E-state index in [9.17, 15) is 9.59 Å². The zero-order valence-corrected chi connectivity index (χ0v) is 19.0. The van der Waals surface area contributed by atoms with Crippen molar-refractivity contribution in [3.05, 3.63) is 68.7 Å². The minimum absolute atomic E-state index is 0.0307. The molecule has 0 aliphatic heterocycles. The van der Waals surface area contributed by atoms with Gasteiger partial charge < -0.3 is 10.2 Å². The molecule has 0 aliphatic rings. The highest BCUT2D eigenvalue weighted by atomic mass is 35.5. The molecule has 4 nitrogen and oxygen atoms in total. The smallest absolute Gasteiger partial charge is 0.242 e. The molecule has 2 amide bonds. The van der Waals surface area contributed by atoms with Crippen molar-refractivity contribution in [2.75, 3.05) is 0 Å². The maximum Gasteiger partial charge on any atom is 0.242 e. The SMILES string of the molecule is CC[C@H](C)NC(=O)[C@H](C)N(Cc1ccc(Cl)cc1)C(=O)Cc1ccc(Cl)cc1Cl. The lowest BCUT2D eigenvalue weighted by atomic mass is 10.1. The van der Waals surface area contributed by atoms with Gasteiger partial charge in [0, 0.05) is 27.7 Å². The third kappa shape index (κ3) is 6.91. The number of hydrogen-bond acceptors (Lipinski definition) is 2. The van der Waals surface area contributed by atoms with Crippen LogP contribution in [-0.2, 0) is 22.6 Å². The van der Waals surface area contributed by atoms with E-state index < -0.39 is 6.04 Å². The molecule has 0 fully saturated rings. The van der Waals surface area contributed by atoms with Crippen LogP contribution in [0.1, 0.15) is 38.3 Å². The molecule has 156 valence electrons. The van der Waals surface area contributed by atoms with Gasteiger partial charge in [-0.15, -0.1) is 0 Å². The Morgan fingerprint density at radius 2 is 1.62 bits per heavy atom. The summed E-state index contributed by atoms with van der Waals surface area (Å²) in [4.78, 5) is 27.4. The van der Waals surface area contributed by atoms with E-state index in [0.717, 1.165) is 12.0 Å². The average molecular weight is 456 g/mol. The van der Waals surface area contributed by atoms with E-state index in [1.807, 2.05) is 26.0 Å². The molecule has 0 spiro atoms. The number of carbonyl (C=O) groups excluding carboxylic acids is 2. The molecule has 0 unspecified atom stereocenters. The van der Waals surface area contributed by atoms with Gasteiger partial charge >= 0.3 is 0 Å². The van der Waals surface area contributed by atoms with Gasteiger partial charge in [-0.05, 0) is 55.7 Å². The van der Waals surface area contributed by atoms with Crippen LogP contribution >= 0.6 is 34.8 Å². The van der Waals surface area contributed by atoms with Crippen molar-refractivity contribution in [1.82, 2.24) is 10.2 Å². The summed E-state index contributed by atoms with van der Waals surface area (Å²) in [6.45, 7) is 5.95. The quantitative estimate of drug-likeness (QED) is 0.569. The first-order valence-corrected chi connectivity index (χ1v) is 10.6. The largest absolute Gasteiger partial charge is 0.352 e. The normalized spacial score (nSPS) is 12.9. The molecule has 2 aromatic rings. The van der Waals surface area contributed by atoms with E-state index >= 15 is 0 Å². The summed E-state index contributed by atoms with van der Waals surface area (Å²) in [6.07, 6.45) is 0.883. The summed E-state index contributed by atoms with van der Waals surface area (Å²) >= 11 is 18.1. The Morgan fingerprint density at radius 1 is 1.00 bits per heavy atom. The van der Waals surface area contributed by atoms with Crippen LogP contribution in [0.25, 0.3) is 0 Å². The average Bonchev–Trinajstić information content (AvgIpc) is 2.68. The molecule has 2 rings (SSSR count). The monoisotopic (exact) mass is 454 g/mol. The molecule has 0 saturated carbocycles. The Bertz CT molecular complexity index is 856. The summed E-state index contributed by atoms with van der Waals surface area (Å²) < 4.78 is 0. The molecular formula is C22H25Cl3N2O2. The van der Waals surface area contributed by atoms with E-state index in [0.29, 0.717) is 20.6 Å². The number of halogens is 3. The summed E-state index contributed by atoms with van der Waals surface area (Å²) in [5.74, 6) is -0.389. The molecule has 0 saturated heterocycles. The van der Waals surface area contributed by atoms with E-state index in [2.05, 4.69) is 5.32 Å². The van der Waals surface area contributed by atoms with E-state index in [1.165, 1.54) is 0 Å². The molecule has 29 heavy (non-hydrogen) atoms. The second-order valence-corrected chi connectivity index (χ2v) is 8.33. The standard InChI is InChI=1S/C22H25Cl3N2O2/c1-4-14(2)26-22(29)15(3)27(13-16-5-8-18(23)9-6-16)21(28)11-17-7-10-19(24)12-20(17)25/h5-10,12,14-15H,4,11,13H2,1-3H3,(H,26,29)/t14-,15-/m0/s1. The highest BCUT2D eigenvalue weighted by molar-refractivity contribution is 6.35. The van der Waals surface area contributed by atoms with E-state index in [1.54, 1.807) is 42.2 Å². The fourth-order valence-corrected chi connectivity index (χ4v) is 3.37. The third-order valence-electron chi connectivity index (χ3n) is 4.79. The second kappa shape index (κ2) is 10.9. The number of nitrogens with zero attached hydrogens (tertiary/aromatic N) is 1. The van der Waals surface area contributed by atoms with Gasteiger partial charge in [0.1, 0.15) is 6.04 Å². The van der Waals surface area contributed by atoms with Gasteiger partial charge in [0.05, 0.1) is 6.42 Å². The van der Waals surface area contributed by atoms with Crippen LogP contribution in [-0.4, -0.2) is 28.8 Å². The molecule has 0 radical (unpaired) electrons. The highest BCUT2D eigenvalue weighted by Crippen LogP contribution is 2.23. The van der Waals surface area contributed by atoms with E-state index in [-0.39, 0.29) is 30.8 Å². The predicted octanol–water partition coefficient (Wildman–Crippen LogP) is 5.52. The van der Waals surface area contributed by atoms with Crippen molar-refractivity contribution in [3.8, 4) is 0 Å². The molecule has 7 heteroatoms. The number of hydrogen-bond donors (Lipinski definition) is 1. The molecular weight excluding hydrogens is 431 g/mol. The van der Waals surface area contributed by atoms with Crippen LogP contribution in [0, 0.1) is 0 Å². The minimum atomic E-state index is -0.641. The van der Waals surface area contributed by atoms with Gasteiger partial charge in [-0.1, -0.05) is 59.9 Å². The predicted molar refractivity (Wildman–Crippen MR) is 120 cm³/mol. The topological polar surface area (TPSA) is 49.4 Å². The Hall–Kier alpha value is -1.75. The first kappa shape index (κ1) is 23.5. The fourth-order valence-electron chi connectivity index (χ4n) is 2.76. The Kier molecular flexibility index (Phi) is 8.81. The van der Waals surface area contributed by atoms with Gasteiger partial charge in [-0.2, -0.15) is 0 Å². The zero-order chi connectivity index (χ0) is 21.6. The number of amides is 2. The van der Waals surface area contributed by atoms with Crippen molar-refractivity contribution in [3.63, 3.8) is 0 Å². The summed E-state index contributed by atoms with van der Waals surface area (Å²) in [7, 11) is 0. The number of carbonyl (C=O) groups is 2. The van der Waals surface area contributed by atoms with Crippen LogP contribution in [0.2, 0.25) is 15.1 Å². The number of benzene rings is 2. The molecule has 0 heterocycles. The number of rotatable bonds is 8. The molecule has 2 aromatic carbocycles. The van der Waals surface area contributed by atoms with Gasteiger partial charge in [0.25, 0.3) is 0 Å². The second-order valence-electron chi connectivity index (χ2n) is 7.05. The van der Waals surface area contributed by atoms with Crippen molar-refractivity contribution >= 4 is 46.6 Å². The van der Waals surface area contributed by atoms with Crippen LogP contribution < -0.4 is 5.32 Å². The number of nitrogens with one attached hydrogen (secondary N) is 1. The summed E-state index contributed by atoms with van der Waals surface area (Å²) in [6, 6.07) is 11.6. The Balaban J connectivity index is 2.25. The first-order valence-electron chi connectivity index (χ1n) is 9.49. The van der Waals surface area contributed by atoms with Crippen LogP contribution in [0.4, 0.5) is 0 Å². The van der Waals surface area contributed by atoms with Crippen molar-refractivity contribution < 1.29 is 9.59 Å². The Labute approximate surface area is 187 Å². The lowest BCUT2D eigenvalue weighted by Crippen LogP contribution is -2.49. The third-order valence-corrected chi connectivity index (χ3v) is 5.63. The molecule has 0 bridgehead atoms. The van der Waals surface area contributed by atoms with Crippen LogP contribution in [0.3, 0.4) is 0 Å². The lowest BCUT2D eigenvalue weighted by molar-refractivity contribution is -0.140. The fraction of sp³-hybridized carbons (Fsp3) is 0.364. The van der Waals surface area contributed by atoms with E-state index in [4.69, 9.17) is 34.8 Å². The maximum atomic E-state index is 13.2. The molecule has 0 aromatic heterocycles. The molecule has 1 N–H and O–H groups in total. The van der Waals surface area contributed by atoms with Crippen molar-refractivity contribution in [2.45, 2.75) is 52.2 Å². The highest BCUT2D eigenvalue weighted by Gasteiger charge is 2.27. The van der Waals surface area contributed by atoms with Crippen molar-refractivity contribution in [2.24, 2.45) is 0 Å². The van der Waals surface area contributed by atoms with Crippen LogP contribution in [0.15, 0.2) is 42.5 Å². The van der Waals surface area contributed by atoms with Gasteiger partial charge in [-0.25, -0.2) is 0 Å². The Morgan fingerprint density at radius 3 is 2.21 bits per heavy atom. The van der Waals surface area contributed by atoms with Gasteiger partial charge in [-0.3, -0.25) is 9.59 Å². The van der Waals surface area contributed by atoms with Crippen LogP contribution in [0.5, 0.6) is 0 Å². The lowest BCUT2D eigenvalue weighted by Gasteiger charge is -2.30. The van der Waals surface area contributed by atoms with Crippen molar-refractivity contribution in [1.29, 1.82) is 0 Å².